The van der Waals surface area contributed by atoms with E-state index in [-0.39, 0.29) is 5.56 Å². The Morgan fingerprint density at radius 1 is 1.31 bits per heavy atom. The zero-order valence-electron chi connectivity index (χ0n) is 8.58. The lowest BCUT2D eigenvalue weighted by Crippen LogP contribution is -2.11. The molecule has 0 fully saturated rings. The van der Waals surface area contributed by atoms with Crippen LogP contribution in [0.2, 0.25) is 0 Å². The number of carbonyl (C=O) groups excluding carboxylic acids is 1. The lowest BCUT2D eigenvalue weighted by atomic mass is 10.0. The summed E-state index contributed by atoms with van der Waals surface area (Å²) in [6, 6.07) is 8.17. The molecular weight excluding hydrogens is 212 g/mol. The van der Waals surface area contributed by atoms with Gasteiger partial charge in [0.1, 0.15) is 0 Å². The fourth-order valence-electron chi connectivity index (χ4n) is 1.63. The van der Waals surface area contributed by atoms with Gasteiger partial charge in [0, 0.05) is 16.6 Å². The Kier molecular flexibility index (Phi) is 2.64. The minimum absolute atomic E-state index is 0.0399. The molecule has 0 saturated carbocycles. The summed E-state index contributed by atoms with van der Waals surface area (Å²) >= 11 is 0. The van der Waals surface area contributed by atoms with E-state index < -0.39 is 12.2 Å². The number of para-hydroxylation sites is 1. The van der Waals surface area contributed by atoms with Gasteiger partial charge >= 0.3 is 6.43 Å². The summed E-state index contributed by atoms with van der Waals surface area (Å²) in [5.41, 5.74) is 1.16. The lowest BCUT2D eigenvalue weighted by Gasteiger charge is -2.06. The van der Waals surface area contributed by atoms with Crippen LogP contribution in [0.4, 0.5) is 8.78 Å². The Morgan fingerprint density at radius 2 is 2.00 bits per heavy atom. The maximum Gasteiger partial charge on any atom is 0.300 e. The highest BCUT2D eigenvalue weighted by Gasteiger charge is 2.20. The van der Waals surface area contributed by atoms with Crippen molar-refractivity contribution < 1.29 is 13.6 Å². The molecule has 1 aromatic carbocycles. The van der Waals surface area contributed by atoms with Crippen molar-refractivity contribution in [3.63, 3.8) is 0 Å². The van der Waals surface area contributed by atoms with Crippen LogP contribution in [-0.2, 0) is 0 Å². The average Bonchev–Trinajstić information content (AvgIpc) is 2.26. The van der Waals surface area contributed by atoms with Crippen molar-refractivity contribution >= 4 is 16.7 Å². The van der Waals surface area contributed by atoms with Crippen molar-refractivity contribution in [3.8, 4) is 0 Å². The molecule has 0 radical (unpaired) electrons. The highest BCUT2D eigenvalue weighted by atomic mass is 19.3. The van der Waals surface area contributed by atoms with E-state index in [2.05, 4.69) is 4.98 Å². The molecule has 0 aliphatic rings. The third-order valence-corrected chi connectivity index (χ3v) is 2.31. The van der Waals surface area contributed by atoms with E-state index in [1.165, 1.54) is 6.07 Å². The number of halogens is 2. The molecule has 2 aromatic rings. The normalized spacial score (nSPS) is 11.0. The van der Waals surface area contributed by atoms with E-state index in [0.29, 0.717) is 16.6 Å². The van der Waals surface area contributed by atoms with Crippen LogP contribution in [-0.4, -0.2) is 17.2 Å². The molecule has 16 heavy (non-hydrogen) atoms. The Balaban J connectivity index is 2.72. The number of hydrogen-bond donors (Lipinski definition) is 0. The number of benzene rings is 1. The molecule has 1 aromatic heterocycles. The number of pyridine rings is 1. The van der Waals surface area contributed by atoms with Crippen LogP contribution in [0, 0.1) is 6.92 Å². The molecule has 2 nitrogen and oxygen atoms in total. The van der Waals surface area contributed by atoms with Crippen LogP contribution in [0.25, 0.3) is 10.9 Å². The summed E-state index contributed by atoms with van der Waals surface area (Å²) in [5.74, 6) is -1.15. The molecular formula is C12H9F2NO. The van der Waals surface area contributed by atoms with Gasteiger partial charge in [0.25, 0.3) is 0 Å². The molecule has 0 aliphatic carbocycles. The highest BCUT2D eigenvalue weighted by molar-refractivity contribution is 6.08. The summed E-state index contributed by atoms with van der Waals surface area (Å²) in [4.78, 5) is 15.5. The summed E-state index contributed by atoms with van der Waals surface area (Å²) in [7, 11) is 0. The number of aromatic nitrogens is 1. The van der Waals surface area contributed by atoms with E-state index >= 15 is 0 Å². The monoisotopic (exact) mass is 221 g/mol. The number of alkyl halides is 2. The maximum atomic E-state index is 12.4. The smallest absolute Gasteiger partial charge is 0.288 e. The lowest BCUT2D eigenvalue weighted by molar-refractivity contribution is 0.0680. The molecule has 1 heterocycles. The minimum atomic E-state index is -2.98. The van der Waals surface area contributed by atoms with Gasteiger partial charge in [0.05, 0.1) is 5.52 Å². The molecule has 0 spiro atoms. The summed E-state index contributed by atoms with van der Waals surface area (Å²) in [6.45, 7) is 1.68. The Labute approximate surface area is 90.9 Å². The largest absolute Gasteiger partial charge is 0.300 e. The predicted molar refractivity (Wildman–Crippen MR) is 56.8 cm³/mol. The van der Waals surface area contributed by atoms with Crippen LogP contribution in [0.5, 0.6) is 0 Å². The maximum absolute atomic E-state index is 12.4. The number of carbonyl (C=O) groups is 1. The first kappa shape index (κ1) is 10.7. The van der Waals surface area contributed by atoms with Crippen molar-refractivity contribution in [2.45, 2.75) is 13.3 Å². The van der Waals surface area contributed by atoms with E-state index in [4.69, 9.17) is 0 Å². The van der Waals surface area contributed by atoms with Crippen LogP contribution in [0.1, 0.15) is 16.1 Å². The second-order valence-electron chi connectivity index (χ2n) is 3.49. The van der Waals surface area contributed by atoms with Crippen molar-refractivity contribution in [2.75, 3.05) is 0 Å². The quantitative estimate of drug-likeness (QED) is 0.729. The van der Waals surface area contributed by atoms with Crippen LogP contribution >= 0.6 is 0 Å². The zero-order valence-corrected chi connectivity index (χ0v) is 8.58. The summed E-state index contributed by atoms with van der Waals surface area (Å²) < 4.78 is 24.8. The molecule has 0 N–H and O–H groups in total. The van der Waals surface area contributed by atoms with E-state index in [1.54, 1.807) is 31.2 Å². The molecule has 0 saturated heterocycles. The first-order valence-corrected chi connectivity index (χ1v) is 4.78. The van der Waals surface area contributed by atoms with Crippen molar-refractivity contribution in [2.24, 2.45) is 0 Å². The van der Waals surface area contributed by atoms with Gasteiger partial charge < -0.3 is 0 Å². The Hall–Kier alpha value is -1.84. The molecule has 0 unspecified atom stereocenters. The fourth-order valence-corrected chi connectivity index (χ4v) is 1.63. The first-order chi connectivity index (χ1) is 7.59. The third kappa shape index (κ3) is 1.78. The minimum Gasteiger partial charge on any atom is -0.288 e. The molecule has 82 valence electrons. The number of ketones is 1. The van der Waals surface area contributed by atoms with E-state index in [9.17, 15) is 13.6 Å². The number of rotatable bonds is 2. The number of Topliss-reactive ketones (excluding diaryl/α,β-unsaturated/α-hetero) is 1. The number of hydrogen-bond acceptors (Lipinski definition) is 2. The predicted octanol–water partition coefficient (Wildman–Crippen LogP) is 2.99. The second-order valence-corrected chi connectivity index (χ2v) is 3.49. The van der Waals surface area contributed by atoms with Gasteiger partial charge in [-0.1, -0.05) is 18.2 Å². The first-order valence-electron chi connectivity index (χ1n) is 4.78. The van der Waals surface area contributed by atoms with Crippen molar-refractivity contribution in [3.05, 3.63) is 41.6 Å². The number of fused-ring (bicyclic) bond motifs is 1. The fraction of sp³-hybridized carbons (Fsp3) is 0.167. The molecule has 0 amide bonds. The Bertz CT molecular complexity index is 552. The van der Waals surface area contributed by atoms with Gasteiger partial charge in [-0.15, -0.1) is 0 Å². The van der Waals surface area contributed by atoms with Crippen LogP contribution in [0.3, 0.4) is 0 Å². The van der Waals surface area contributed by atoms with Crippen LogP contribution in [0.15, 0.2) is 30.3 Å². The van der Waals surface area contributed by atoms with Gasteiger partial charge in [-0.3, -0.25) is 9.78 Å². The van der Waals surface area contributed by atoms with Gasteiger partial charge in [-0.25, -0.2) is 8.78 Å². The molecule has 0 atom stereocenters. The third-order valence-electron chi connectivity index (χ3n) is 2.31. The van der Waals surface area contributed by atoms with Gasteiger partial charge in [0.15, 0.2) is 0 Å². The number of nitrogens with zero attached hydrogens (tertiary/aromatic N) is 1. The van der Waals surface area contributed by atoms with Gasteiger partial charge in [-0.2, -0.15) is 0 Å². The SMILES string of the molecule is Cc1cc(C(=O)C(F)F)c2ccccc2n1. The second kappa shape index (κ2) is 3.96. The molecule has 2 rings (SSSR count). The van der Waals surface area contributed by atoms with E-state index in [1.807, 2.05) is 0 Å². The molecule has 0 bridgehead atoms. The highest BCUT2D eigenvalue weighted by Crippen LogP contribution is 2.20. The molecule has 4 heteroatoms. The summed E-state index contributed by atoms with van der Waals surface area (Å²) in [6.07, 6.45) is -2.98. The summed E-state index contributed by atoms with van der Waals surface area (Å²) in [5, 5.41) is 0.471. The van der Waals surface area contributed by atoms with Gasteiger partial charge in [0.2, 0.25) is 5.78 Å². The van der Waals surface area contributed by atoms with E-state index in [0.717, 1.165) is 0 Å². The van der Waals surface area contributed by atoms with Crippen molar-refractivity contribution in [1.29, 1.82) is 0 Å². The standard InChI is InChI=1S/C12H9F2NO/c1-7-6-9(11(16)12(13)14)8-4-2-3-5-10(8)15-7/h2-6,12H,1H3. The average molecular weight is 221 g/mol. The zero-order chi connectivity index (χ0) is 11.7. The topological polar surface area (TPSA) is 30.0 Å². The molecule has 0 aliphatic heterocycles. The van der Waals surface area contributed by atoms with Crippen molar-refractivity contribution in [1.82, 2.24) is 4.98 Å². The van der Waals surface area contributed by atoms with Crippen LogP contribution < -0.4 is 0 Å². The number of aryl methyl sites for hydroxylation is 1. The Morgan fingerprint density at radius 3 is 2.69 bits per heavy atom. The van der Waals surface area contributed by atoms with Gasteiger partial charge in [-0.05, 0) is 19.1 Å².